The predicted molar refractivity (Wildman–Crippen MR) is 61.5 cm³/mol. The topological polar surface area (TPSA) is 21.3 Å². The van der Waals surface area contributed by atoms with Crippen LogP contribution in [0.5, 0.6) is 5.75 Å². The fraction of sp³-hybridized carbons (Fsp3) is 0.538. The Morgan fingerprint density at radius 2 is 2.27 bits per heavy atom. The number of benzene rings is 1. The van der Waals surface area contributed by atoms with Crippen molar-refractivity contribution in [1.82, 2.24) is 0 Å². The number of ether oxygens (including phenoxy) is 1. The Bertz CT molecular complexity index is 382. The SMILES string of the molecule is CC1(COc2ccc3c(c2)NCC3)CC1. The van der Waals surface area contributed by atoms with Gasteiger partial charge in [0.15, 0.2) is 0 Å². The quantitative estimate of drug-likeness (QED) is 0.815. The van der Waals surface area contributed by atoms with Crippen LogP contribution in [0.4, 0.5) is 5.69 Å². The Morgan fingerprint density at radius 1 is 1.40 bits per heavy atom. The number of hydrogen-bond donors (Lipinski definition) is 1. The molecule has 0 saturated heterocycles. The van der Waals surface area contributed by atoms with Gasteiger partial charge in [0.1, 0.15) is 5.75 Å². The molecule has 0 radical (unpaired) electrons. The summed E-state index contributed by atoms with van der Waals surface area (Å²) in [6.45, 7) is 4.22. The van der Waals surface area contributed by atoms with Gasteiger partial charge in [0.25, 0.3) is 0 Å². The molecule has 15 heavy (non-hydrogen) atoms. The smallest absolute Gasteiger partial charge is 0.121 e. The third-order valence-corrected chi connectivity index (χ3v) is 3.48. The number of rotatable bonds is 3. The summed E-state index contributed by atoms with van der Waals surface area (Å²) in [6, 6.07) is 6.41. The van der Waals surface area contributed by atoms with E-state index in [0.717, 1.165) is 25.3 Å². The molecule has 0 spiro atoms. The Morgan fingerprint density at radius 3 is 3.07 bits per heavy atom. The summed E-state index contributed by atoms with van der Waals surface area (Å²) in [6.07, 6.45) is 3.78. The van der Waals surface area contributed by atoms with Crippen molar-refractivity contribution < 1.29 is 4.74 Å². The average Bonchev–Trinajstić information content (AvgIpc) is 2.80. The molecule has 0 aromatic heterocycles. The molecule has 1 aliphatic heterocycles. The second-order valence-electron chi connectivity index (χ2n) is 5.10. The highest BCUT2D eigenvalue weighted by molar-refractivity contribution is 5.58. The molecular weight excluding hydrogens is 186 g/mol. The maximum absolute atomic E-state index is 5.82. The van der Waals surface area contributed by atoms with E-state index < -0.39 is 0 Å². The molecule has 1 aliphatic carbocycles. The van der Waals surface area contributed by atoms with Gasteiger partial charge in [-0.3, -0.25) is 0 Å². The van der Waals surface area contributed by atoms with E-state index in [2.05, 4.69) is 30.4 Å². The third kappa shape index (κ3) is 1.81. The van der Waals surface area contributed by atoms with Crippen molar-refractivity contribution in [2.24, 2.45) is 5.41 Å². The zero-order valence-corrected chi connectivity index (χ0v) is 9.18. The van der Waals surface area contributed by atoms with Crippen molar-refractivity contribution in [1.29, 1.82) is 0 Å². The first kappa shape index (κ1) is 9.08. The number of fused-ring (bicyclic) bond motifs is 1. The van der Waals surface area contributed by atoms with Crippen LogP contribution in [0.25, 0.3) is 0 Å². The van der Waals surface area contributed by atoms with E-state index in [1.165, 1.54) is 24.1 Å². The van der Waals surface area contributed by atoms with Gasteiger partial charge in [0.05, 0.1) is 6.61 Å². The van der Waals surface area contributed by atoms with Gasteiger partial charge < -0.3 is 10.1 Å². The van der Waals surface area contributed by atoms with Gasteiger partial charge in [-0.15, -0.1) is 0 Å². The zero-order valence-electron chi connectivity index (χ0n) is 9.18. The van der Waals surface area contributed by atoms with Crippen molar-refractivity contribution in [3.8, 4) is 5.75 Å². The summed E-state index contributed by atoms with van der Waals surface area (Å²) in [4.78, 5) is 0. The summed E-state index contributed by atoms with van der Waals surface area (Å²) in [5.41, 5.74) is 3.14. The van der Waals surface area contributed by atoms with Gasteiger partial charge >= 0.3 is 0 Å². The van der Waals surface area contributed by atoms with Gasteiger partial charge in [-0.1, -0.05) is 13.0 Å². The van der Waals surface area contributed by atoms with Gasteiger partial charge in [0, 0.05) is 23.7 Å². The van der Waals surface area contributed by atoms with Crippen LogP contribution in [-0.4, -0.2) is 13.2 Å². The largest absolute Gasteiger partial charge is 0.493 e. The Kier molecular flexibility index (Phi) is 1.91. The summed E-state index contributed by atoms with van der Waals surface area (Å²) >= 11 is 0. The first-order valence-corrected chi connectivity index (χ1v) is 5.75. The van der Waals surface area contributed by atoms with Crippen LogP contribution < -0.4 is 10.1 Å². The van der Waals surface area contributed by atoms with E-state index >= 15 is 0 Å². The van der Waals surface area contributed by atoms with Crippen molar-refractivity contribution in [2.75, 3.05) is 18.5 Å². The molecule has 1 fully saturated rings. The van der Waals surface area contributed by atoms with E-state index in [-0.39, 0.29) is 0 Å². The molecule has 1 heterocycles. The molecule has 1 N–H and O–H groups in total. The van der Waals surface area contributed by atoms with Crippen LogP contribution in [-0.2, 0) is 6.42 Å². The maximum Gasteiger partial charge on any atom is 0.121 e. The molecule has 0 bridgehead atoms. The monoisotopic (exact) mass is 203 g/mol. The van der Waals surface area contributed by atoms with E-state index in [9.17, 15) is 0 Å². The number of nitrogens with one attached hydrogen (secondary N) is 1. The lowest BCUT2D eigenvalue weighted by Crippen LogP contribution is -2.08. The fourth-order valence-corrected chi connectivity index (χ4v) is 1.98. The van der Waals surface area contributed by atoms with Crippen LogP contribution in [0.15, 0.2) is 18.2 Å². The second-order valence-corrected chi connectivity index (χ2v) is 5.10. The number of hydrogen-bond acceptors (Lipinski definition) is 2. The fourth-order valence-electron chi connectivity index (χ4n) is 1.98. The molecular formula is C13H17NO. The maximum atomic E-state index is 5.82. The minimum Gasteiger partial charge on any atom is -0.493 e. The second kappa shape index (κ2) is 3.16. The van der Waals surface area contributed by atoms with Gasteiger partial charge in [0.2, 0.25) is 0 Å². The van der Waals surface area contributed by atoms with E-state index in [4.69, 9.17) is 4.74 Å². The van der Waals surface area contributed by atoms with Crippen molar-refractivity contribution >= 4 is 5.69 Å². The molecule has 1 aromatic carbocycles. The van der Waals surface area contributed by atoms with E-state index in [0.29, 0.717) is 5.41 Å². The lowest BCUT2D eigenvalue weighted by Gasteiger charge is -2.11. The molecule has 1 aromatic rings. The normalized spacial score (nSPS) is 20.6. The van der Waals surface area contributed by atoms with Crippen LogP contribution in [0.3, 0.4) is 0 Å². The van der Waals surface area contributed by atoms with E-state index in [1.807, 2.05) is 0 Å². The highest BCUT2D eigenvalue weighted by Gasteiger charge is 2.38. The average molecular weight is 203 g/mol. The van der Waals surface area contributed by atoms with Crippen molar-refractivity contribution in [2.45, 2.75) is 26.2 Å². The van der Waals surface area contributed by atoms with E-state index in [1.54, 1.807) is 0 Å². The Balaban J connectivity index is 1.70. The molecule has 2 aliphatic rings. The highest BCUT2D eigenvalue weighted by Crippen LogP contribution is 2.45. The Hall–Kier alpha value is -1.18. The first-order valence-electron chi connectivity index (χ1n) is 5.75. The predicted octanol–water partition coefficient (Wildman–Crippen LogP) is 2.83. The molecule has 0 amide bonds. The van der Waals surface area contributed by atoms with Gasteiger partial charge in [-0.05, 0) is 30.9 Å². The van der Waals surface area contributed by atoms with Gasteiger partial charge in [-0.25, -0.2) is 0 Å². The standard InChI is InChI=1S/C13H17NO/c1-13(5-6-13)9-15-11-3-2-10-4-7-14-12(10)8-11/h2-3,8,14H,4-7,9H2,1H3. The number of anilines is 1. The molecule has 2 heteroatoms. The minimum atomic E-state index is 0.465. The summed E-state index contributed by atoms with van der Waals surface area (Å²) in [5, 5.41) is 3.37. The lowest BCUT2D eigenvalue weighted by molar-refractivity contribution is 0.247. The Labute approximate surface area is 90.6 Å². The molecule has 80 valence electrons. The highest BCUT2D eigenvalue weighted by atomic mass is 16.5. The molecule has 3 rings (SSSR count). The zero-order chi connectivity index (χ0) is 10.3. The van der Waals surface area contributed by atoms with Crippen molar-refractivity contribution in [3.63, 3.8) is 0 Å². The lowest BCUT2D eigenvalue weighted by atomic mass is 10.1. The summed E-state index contributed by atoms with van der Waals surface area (Å²) in [7, 11) is 0. The minimum absolute atomic E-state index is 0.465. The summed E-state index contributed by atoms with van der Waals surface area (Å²) < 4.78 is 5.82. The van der Waals surface area contributed by atoms with Gasteiger partial charge in [-0.2, -0.15) is 0 Å². The van der Waals surface area contributed by atoms with Crippen LogP contribution in [0.2, 0.25) is 0 Å². The first-order chi connectivity index (χ1) is 7.25. The molecule has 0 atom stereocenters. The molecule has 2 nitrogen and oxygen atoms in total. The third-order valence-electron chi connectivity index (χ3n) is 3.48. The molecule has 1 saturated carbocycles. The summed E-state index contributed by atoms with van der Waals surface area (Å²) in [5.74, 6) is 1.01. The molecule has 0 unspecified atom stereocenters. The van der Waals surface area contributed by atoms with Crippen LogP contribution >= 0.6 is 0 Å². The van der Waals surface area contributed by atoms with Crippen molar-refractivity contribution in [3.05, 3.63) is 23.8 Å². The van der Waals surface area contributed by atoms with Crippen LogP contribution in [0, 0.1) is 5.41 Å². The van der Waals surface area contributed by atoms with Crippen LogP contribution in [0.1, 0.15) is 25.3 Å².